The number of nitrogens with zero attached hydrogens (tertiary/aromatic N) is 1. The summed E-state index contributed by atoms with van der Waals surface area (Å²) in [5.41, 5.74) is 2.89. The standard InChI is InChI=1S/C17H16N2O4S/c1-12(20)14-3-5-15(6-4-14)24(21,22)19-9-8-13-2-7-17-16(10-13)18-11-23-17/h2-7,10-11,19H,8-9H2,1H3. The summed E-state index contributed by atoms with van der Waals surface area (Å²) in [6.45, 7) is 1.70. The lowest BCUT2D eigenvalue weighted by atomic mass is 10.1. The summed E-state index contributed by atoms with van der Waals surface area (Å²) in [5.74, 6) is -0.102. The van der Waals surface area contributed by atoms with E-state index in [1.165, 1.54) is 37.6 Å². The van der Waals surface area contributed by atoms with E-state index in [2.05, 4.69) is 9.71 Å². The smallest absolute Gasteiger partial charge is 0.240 e. The Hall–Kier alpha value is -2.51. The zero-order valence-corrected chi connectivity index (χ0v) is 13.8. The van der Waals surface area contributed by atoms with Gasteiger partial charge in [-0.15, -0.1) is 0 Å². The molecule has 0 aliphatic heterocycles. The Morgan fingerprint density at radius 2 is 1.92 bits per heavy atom. The summed E-state index contributed by atoms with van der Waals surface area (Å²) in [4.78, 5) is 15.4. The third kappa shape index (κ3) is 3.52. The number of carbonyl (C=O) groups is 1. The molecule has 1 aromatic heterocycles. The molecule has 3 aromatic rings. The van der Waals surface area contributed by atoms with Crippen LogP contribution in [0.15, 0.2) is 58.2 Å². The van der Waals surface area contributed by atoms with Crippen molar-refractivity contribution in [1.82, 2.24) is 9.71 Å². The van der Waals surface area contributed by atoms with Crippen molar-refractivity contribution in [3.63, 3.8) is 0 Å². The van der Waals surface area contributed by atoms with Crippen molar-refractivity contribution < 1.29 is 17.6 Å². The van der Waals surface area contributed by atoms with Gasteiger partial charge in [-0.3, -0.25) is 4.79 Å². The highest BCUT2D eigenvalue weighted by molar-refractivity contribution is 7.89. The van der Waals surface area contributed by atoms with Crippen molar-refractivity contribution in [3.8, 4) is 0 Å². The molecule has 3 rings (SSSR count). The number of ketones is 1. The van der Waals surface area contributed by atoms with Gasteiger partial charge in [-0.2, -0.15) is 0 Å². The quantitative estimate of drug-likeness (QED) is 0.694. The average Bonchev–Trinajstić information content (AvgIpc) is 3.02. The van der Waals surface area contributed by atoms with E-state index in [4.69, 9.17) is 4.42 Å². The number of sulfonamides is 1. The largest absolute Gasteiger partial charge is 0.443 e. The van der Waals surface area contributed by atoms with Crippen LogP contribution in [0.2, 0.25) is 0 Å². The predicted molar refractivity (Wildman–Crippen MR) is 89.3 cm³/mol. The lowest BCUT2D eigenvalue weighted by Gasteiger charge is -2.07. The van der Waals surface area contributed by atoms with E-state index < -0.39 is 10.0 Å². The van der Waals surface area contributed by atoms with E-state index in [1.54, 1.807) is 0 Å². The second-order valence-electron chi connectivity index (χ2n) is 5.38. The molecule has 0 bridgehead atoms. The molecule has 7 heteroatoms. The molecule has 0 fully saturated rings. The minimum atomic E-state index is -3.60. The topological polar surface area (TPSA) is 89.3 Å². The molecule has 6 nitrogen and oxygen atoms in total. The summed E-state index contributed by atoms with van der Waals surface area (Å²) in [6.07, 6.45) is 1.91. The Kier molecular flexibility index (Phi) is 4.46. The minimum Gasteiger partial charge on any atom is -0.443 e. The SMILES string of the molecule is CC(=O)c1ccc(S(=O)(=O)NCCc2ccc3ocnc3c2)cc1. The van der Waals surface area contributed by atoms with E-state index in [0.717, 1.165) is 11.1 Å². The first-order valence-corrected chi connectivity index (χ1v) is 8.87. The molecule has 0 spiro atoms. The summed E-state index contributed by atoms with van der Waals surface area (Å²) in [6, 6.07) is 11.4. The molecule has 0 aliphatic carbocycles. The third-order valence-electron chi connectivity index (χ3n) is 3.67. The molecule has 1 N–H and O–H groups in total. The lowest BCUT2D eigenvalue weighted by Crippen LogP contribution is -2.26. The predicted octanol–water partition coefficient (Wildman–Crippen LogP) is 2.55. The van der Waals surface area contributed by atoms with E-state index >= 15 is 0 Å². The Labute approximate surface area is 139 Å². The molecule has 124 valence electrons. The van der Waals surface area contributed by atoms with Crippen molar-refractivity contribution in [2.45, 2.75) is 18.2 Å². The van der Waals surface area contributed by atoms with E-state index in [9.17, 15) is 13.2 Å². The Bertz CT molecular complexity index is 975. The van der Waals surface area contributed by atoms with Gasteiger partial charge in [-0.25, -0.2) is 18.1 Å². The molecule has 0 saturated heterocycles. The van der Waals surface area contributed by atoms with Crippen LogP contribution in [-0.4, -0.2) is 25.7 Å². The van der Waals surface area contributed by atoms with Gasteiger partial charge < -0.3 is 4.42 Å². The van der Waals surface area contributed by atoms with Crippen LogP contribution in [-0.2, 0) is 16.4 Å². The molecule has 2 aromatic carbocycles. The van der Waals surface area contributed by atoms with Crippen LogP contribution in [0.5, 0.6) is 0 Å². The Morgan fingerprint density at radius 3 is 2.62 bits per heavy atom. The number of rotatable bonds is 6. The number of oxazole rings is 1. The molecule has 0 radical (unpaired) electrons. The van der Waals surface area contributed by atoms with Crippen molar-refractivity contribution in [2.24, 2.45) is 0 Å². The number of carbonyl (C=O) groups excluding carboxylic acids is 1. The summed E-state index contributed by atoms with van der Waals surface area (Å²) in [5, 5.41) is 0. The Balaban J connectivity index is 1.65. The van der Waals surface area contributed by atoms with Gasteiger partial charge in [0.1, 0.15) is 5.52 Å². The van der Waals surface area contributed by atoms with Crippen LogP contribution >= 0.6 is 0 Å². The lowest BCUT2D eigenvalue weighted by molar-refractivity contribution is 0.101. The highest BCUT2D eigenvalue weighted by Crippen LogP contribution is 2.15. The number of nitrogens with one attached hydrogen (secondary N) is 1. The number of aromatic nitrogens is 1. The first-order valence-electron chi connectivity index (χ1n) is 7.38. The number of hydrogen-bond donors (Lipinski definition) is 1. The van der Waals surface area contributed by atoms with Gasteiger partial charge >= 0.3 is 0 Å². The highest BCUT2D eigenvalue weighted by Gasteiger charge is 2.13. The van der Waals surface area contributed by atoms with Gasteiger partial charge in [0.2, 0.25) is 10.0 Å². The van der Waals surface area contributed by atoms with Crippen molar-refractivity contribution >= 4 is 26.9 Å². The summed E-state index contributed by atoms with van der Waals surface area (Å²) >= 11 is 0. The first-order chi connectivity index (χ1) is 11.5. The van der Waals surface area contributed by atoms with Crippen molar-refractivity contribution in [3.05, 3.63) is 60.0 Å². The minimum absolute atomic E-state index is 0.102. The van der Waals surface area contributed by atoms with Gasteiger partial charge in [-0.1, -0.05) is 18.2 Å². The summed E-state index contributed by atoms with van der Waals surface area (Å²) in [7, 11) is -3.60. The van der Waals surface area contributed by atoms with Crippen LogP contribution in [0, 0.1) is 0 Å². The van der Waals surface area contributed by atoms with E-state index in [0.29, 0.717) is 17.6 Å². The fourth-order valence-electron chi connectivity index (χ4n) is 2.34. The molecular weight excluding hydrogens is 328 g/mol. The molecule has 0 atom stereocenters. The number of benzene rings is 2. The number of fused-ring (bicyclic) bond motifs is 1. The second-order valence-corrected chi connectivity index (χ2v) is 7.15. The van der Waals surface area contributed by atoms with Crippen LogP contribution in [0.3, 0.4) is 0 Å². The normalized spacial score (nSPS) is 11.7. The molecule has 0 aliphatic rings. The van der Waals surface area contributed by atoms with E-state index in [1.807, 2.05) is 18.2 Å². The van der Waals surface area contributed by atoms with Gasteiger partial charge in [0.25, 0.3) is 0 Å². The molecule has 0 unspecified atom stereocenters. The first kappa shape index (κ1) is 16.4. The highest BCUT2D eigenvalue weighted by atomic mass is 32.2. The molecular formula is C17H16N2O4S. The van der Waals surface area contributed by atoms with Gasteiger partial charge in [0.05, 0.1) is 4.90 Å². The fourth-order valence-corrected chi connectivity index (χ4v) is 3.37. The van der Waals surface area contributed by atoms with Gasteiger partial charge in [-0.05, 0) is 43.2 Å². The van der Waals surface area contributed by atoms with Crippen molar-refractivity contribution in [1.29, 1.82) is 0 Å². The fraction of sp³-hybridized carbons (Fsp3) is 0.176. The maximum atomic E-state index is 12.3. The van der Waals surface area contributed by atoms with Gasteiger partial charge in [0, 0.05) is 12.1 Å². The Morgan fingerprint density at radius 1 is 1.17 bits per heavy atom. The second kappa shape index (κ2) is 6.54. The third-order valence-corrected chi connectivity index (χ3v) is 5.15. The maximum absolute atomic E-state index is 12.3. The van der Waals surface area contributed by atoms with Crippen LogP contribution in [0.1, 0.15) is 22.8 Å². The zero-order valence-electron chi connectivity index (χ0n) is 13.0. The van der Waals surface area contributed by atoms with Crippen LogP contribution < -0.4 is 4.72 Å². The average molecular weight is 344 g/mol. The van der Waals surface area contributed by atoms with E-state index in [-0.39, 0.29) is 17.2 Å². The van der Waals surface area contributed by atoms with Gasteiger partial charge in [0.15, 0.2) is 17.8 Å². The number of Topliss-reactive ketones (excluding diaryl/α,β-unsaturated/α-hetero) is 1. The molecule has 0 amide bonds. The molecule has 24 heavy (non-hydrogen) atoms. The van der Waals surface area contributed by atoms with Crippen LogP contribution in [0.25, 0.3) is 11.1 Å². The monoisotopic (exact) mass is 344 g/mol. The zero-order chi connectivity index (χ0) is 17.2. The van der Waals surface area contributed by atoms with Crippen molar-refractivity contribution in [2.75, 3.05) is 6.54 Å². The van der Waals surface area contributed by atoms with Crippen LogP contribution in [0.4, 0.5) is 0 Å². The molecule has 1 heterocycles. The summed E-state index contributed by atoms with van der Waals surface area (Å²) < 4.78 is 32.2. The molecule has 0 saturated carbocycles. The number of hydrogen-bond acceptors (Lipinski definition) is 5. The maximum Gasteiger partial charge on any atom is 0.240 e.